The van der Waals surface area contributed by atoms with Gasteiger partial charge in [-0.25, -0.2) is 22.7 Å². The van der Waals surface area contributed by atoms with Gasteiger partial charge in [0.1, 0.15) is 11.9 Å². The Balaban J connectivity index is 1.78. The van der Waals surface area contributed by atoms with Crippen molar-refractivity contribution in [2.24, 2.45) is 7.05 Å². The highest BCUT2D eigenvalue weighted by Crippen LogP contribution is 2.36. The highest BCUT2D eigenvalue weighted by atomic mass is 35.5. The van der Waals surface area contributed by atoms with E-state index in [9.17, 15) is 17.6 Å². The minimum absolute atomic E-state index is 0.0859. The van der Waals surface area contributed by atoms with Crippen molar-refractivity contribution in [2.75, 3.05) is 0 Å². The third-order valence-corrected chi connectivity index (χ3v) is 7.72. The van der Waals surface area contributed by atoms with Gasteiger partial charge in [0.2, 0.25) is 15.9 Å². The molecule has 184 valence electrons. The fraction of sp³-hybridized carbons (Fsp3) is 0.261. The van der Waals surface area contributed by atoms with Crippen molar-refractivity contribution >= 4 is 21.6 Å². The third-order valence-electron chi connectivity index (χ3n) is 5.95. The molecule has 0 aliphatic heterocycles. The Morgan fingerprint density at radius 2 is 1.97 bits per heavy atom. The third kappa shape index (κ3) is 4.93. The molecule has 2 N–H and O–H groups in total. The van der Waals surface area contributed by atoms with Gasteiger partial charge in [0, 0.05) is 35.3 Å². The number of hydrogen-bond donors (Lipinski definition) is 2. The molecule has 2 unspecified atom stereocenters. The summed E-state index contributed by atoms with van der Waals surface area (Å²) in [6.45, 7) is 5.21. The van der Waals surface area contributed by atoms with Crippen molar-refractivity contribution in [3.63, 3.8) is 0 Å². The molecule has 2 heterocycles. The number of aromatic nitrogens is 4. The van der Waals surface area contributed by atoms with Crippen molar-refractivity contribution in [2.45, 2.75) is 37.6 Å². The van der Waals surface area contributed by atoms with Crippen LogP contribution in [-0.4, -0.2) is 28.4 Å². The molecule has 2 aromatic heterocycles. The maximum absolute atomic E-state index is 14.9. The molecule has 0 aliphatic carbocycles. The molecule has 0 saturated carbocycles. The lowest BCUT2D eigenvalue weighted by Crippen LogP contribution is -2.33. The van der Waals surface area contributed by atoms with Gasteiger partial charge in [0.05, 0.1) is 11.1 Å². The number of nitrogens with one attached hydrogen (secondary N) is 2. The number of benzene rings is 2. The Kier molecular flexibility index (Phi) is 6.67. The van der Waals surface area contributed by atoms with Crippen LogP contribution in [0.1, 0.15) is 41.5 Å². The van der Waals surface area contributed by atoms with E-state index in [4.69, 9.17) is 16.0 Å². The number of aryl methyl sites for hydroxylation is 2. The topological polar surface area (TPSA) is 123 Å². The Labute approximate surface area is 206 Å². The number of H-pyrrole nitrogens is 1. The lowest BCUT2D eigenvalue weighted by molar-refractivity contribution is 0.377. The summed E-state index contributed by atoms with van der Waals surface area (Å²) in [6, 6.07) is 6.01. The lowest BCUT2D eigenvalue weighted by Gasteiger charge is -2.25. The van der Waals surface area contributed by atoms with Gasteiger partial charge < -0.3 is 4.42 Å². The zero-order valence-corrected chi connectivity index (χ0v) is 20.9. The first-order chi connectivity index (χ1) is 16.5. The summed E-state index contributed by atoms with van der Waals surface area (Å²) in [5.41, 5.74) is 2.88. The van der Waals surface area contributed by atoms with E-state index in [1.54, 1.807) is 44.0 Å². The second-order valence-corrected chi connectivity index (χ2v) is 10.4. The molecular weight excluding hydrogens is 497 g/mol. The molecule has 2 aromatic carbocycles. The highest BCUT2D eigenvalue weighted by molar-refractivity contribution is 7.89. The van der Waals surface area contributed by atoms with Crippen LogP contribution in [0.5, 0.6) is 0 Å². The monoisotopic (exact) mass is 519 g/mol. The average molecular weight is 520 g/mol. The number of sulfonamides is 1. The van der Waals surface area contributed by atoms with E-state index < -0.39 is 33.6 Å². The molecule has 9 nitrogen and oxygen atoms in total. The van der Waals surface area contributed by atoms with Gasteiger partial charge in [-0.3, -0.25) is 4.68 Å². The maximum atomic E-state index is 14.9. The molecule has 35 heavy (non-hydrogen) atoms. The average Bonchev–Trinajstić information content (AvgIpc) is 3.43. The molecule has 0 aliphatic rings. The van der Waals surface area contributed by atoms with Crippen LogP contribution in [0.3, 0.4) is 0 Å². The van der Waals surface area contributed by atoms with Gasteiger partial charge in [-0.2, -0.15) is 9.82 Å². The molecule has 0 saturated heterocycles. The van der Waals surface area contributed by atoms with E-state index in [-0.39, 0.29) is 16.3 Å². The molecule has 0 fully saturated rings. The van der Waals surface area contributed by atoms with E-state index in [2.05, 4.69) is 20.0 Å². The van der Waals surface area contributed by atoms with Crippen molar-refractivity contribution < 1.29 is 17.2 Å². The zero-order valence-electron chi connectivity index (χ0n) is 19.3. The summed E-state index contributed by atoms with van der Waals surface area (Å²) < 4.78 is 51.0. The first-order valence-corrected chi connectivity index (χ1v) is 12.5. The molecule has 12 heteroatoms. The molecule has 0 spiro atoms. The van der Waals surface area contributed by atoms with Crippen molar-refractivity contribution in [1.82, 2.24) is 24.7 Å². The Morgan fingerprint density at radius 1 is 1.23 bits per heavy atom. The van der Waals surface area contributed by atoms with Crippen molar-refractivity contribution in [3.05, 3.63) is 86.7 Å². The van der Waals surface area contributed by atoms with E-state index in [0.29, 0.717) is 21.7 Å². The van der Waals surface area contributed by atoms with Crippen LogP contribution in [0, 0.1) is 19.7 Å². The van der Waals surface area contributed by atoms with Crippen LogP contribution in [0.25, 0.3) is 11.1 Å². The first-order valence-electron chi connectivity index (χ1n) is 10.6. The van der Waals surface area contributed by atoms with Crippen LogP contribution in [0.4, 0.5) is 4.39 Å². The van der Waals surface area contributed by atoms with Gasteiger partial charge in [-0.05, 0) is 54.8 Å². The summed E-state index contributed by atoms with van der Waals surface area (Å²) in [6.07, 6.45) is 3.27. The summed E-state index contributed by atoms with van der Waals surface area (Å²) in [5.74, 6) is -2.36. The van der Waals surface area contributed by atoms with Crippen molar-refractivity contribution in [1.29, 1.82) is 0 Å². The molecular formula is C23H23ClFN5O4S. The molecule has 0 bridgehead atoms. The van der Waals surface area contributed by atoms with Gasteiger partial charge in [-0.15, -0.1) is 5.10 Å². The quantitative estimate of drug-likeness (QED) is 0.380. The summed E-state index contributed by atoms with van der Waals surface area (Å²) in [4.78, 5) is 11.6. The second-order valence-electron chi connectivity index (χ2n) is 8.29. The normalized spacial score (nSPS) is 13.7. The molecule has 0 amide bonds. The number of rotatable bonds is 7. The highest BCUT2D eigenvalue weighted by Gasteiger charge is 2.33. The van der Waals surface area contributed by atoms with Gasteiger partial charge in [0.15, 0.2) is 0 Å². The Hall–Kier alpha value is -3.28. The Morgan fingerprint density at radius 3 is 2.60 bits per heavy atom. The van der Waals surface area contributed by atoms with E-state index in [1.807, 2.05) is 6.92 Å². The fourth-order valence-electron chi connectivity index (χ4n) is 3.96. The molecule has 4 aromatic rings. The summed E-state index contributed by atoms with van der Waals surface area (Å²) in [5, 5.41) is 10.4. The van der Waals surface area contributed by atoms with E-state index >= 15 is 0 Å². The fourth-order valence-corrected chi connectivity index (χ4v) is 5.48. The summed E-state index contributed by atoms with van der Waals surface area (Å²) in [7, 11) is -2.47. The standard InChI is InChI=1S/C23H23ClFN5O4S/c1-12-5-8-19(25)20(13(12)2)14(3)21(22-27-28-23(31)34-22)29-35(32,33)16-6-7-18(24)17(9-16)15-10-26-30(4)11-15/h5-11,14,21,29H,1-4H3,(H,28,31). The lowest BCUT2D eigenvalue weighted by atomic mass is 9.88. The number of aromatic amines is 1. The van der Waals surface area contributed by atoms with Gasteiger partial charge >= 0.3 is 5.76 Å². The Bertz CT molecular complexity index is 1560. The minimum atomic E-state index is -4.20. The second kappa shape index (κ2) is 9.40. The number of halogens is 2. The van der Waals surface area contributed by atoms with Crippen LogP contribution in [0.15, 0.2) is 56.8 Å². The van der Waals surface area contributed by atoms with Crippen LogP contribution in [0.2, 0.25) is 5.02 Å². The smallest absolute Gasteiger partial charge is 0.391 e. The number of hydrogen-bond acceptors (Lipinski definition) is 6. The SMILES string of the molecule is Cc1ccc(F)c(C(C)C(NS(=O)(=O)c2ccc(Cl)c(-c3cnn(C)c3)c2)c2n[nH]c(=O)o2)c1C. The van der Waals surface area contributed by atoms with Crippen LogP contribution in [-0.2, 0) is 17.1 Å². The van der Waals surface area contributed by atoms with Gasteiger partial charge in [0.25, 0.3) is 0 Å². The minimum Gasteiger partial charge on any atom is -0.391 e. The number of nitrogens with zero attached hydrogens (tertiary/aromatic N) is 3. The molecule has 2 atom stereocenters. The summed E-state index contributed by atoms with van der Waals surface area (Å²) >= 11 is 6.32. The van der Waals surface area contributed by atoms with E-state index in [1.165, 1.54) is 24.3 Å². The predicted molar refractivity (Wildman–Crippen MR) is 128 cm³/mol. The zero-order chi connectivity index (χ0) is 25.5. The van der Waals surface area contributed by atoms with Crippen LogP contribution < -0.4 is 10.5 Å². The van der Waals surface area contributed by atoms with E-state index in [0.717, 1.165) is 5.56 Å². The predicted octanol–water partition coefficient (Wildman–Crippen LogP) is 4.00. The maximum Gasteiger partial charge on any atom is 0.434 e. The first kappa shape index (κ1) is 24.8. The van der Waals surface area contributed by atoms with Crippen LogP contribution >= 0.6 is 11.6 Å². The largest absolute Gasteiger partial charge is 0.434 e. The van der Waals surface area contributed by atoms with Crippen molar-refractivity contribution in [3.8, 4) is 11.1 Å². The van der Waals surface area contributed by atoms with Gasteiger partial charge in [-0.1, -0.05) is 24.6 Å². The molecule has 4 rings (SSSR count). The molecule has 0 radical (unpaired) electrons.